The summed E-state index contributed by atoms with van der Waals surface area (Å²) in [6.45, 7) is 2.55. The van der Waals surface area contributed by atoms with Gasteiger partial charge in [0, 0.05) is 25.8 Å². The number of nitrogens with two attached hydrogens (primary N) is 1. The van der Waals surface area contributed by atoms with Crippen molar-refractivity contribution in [1.29, 1.82) is 0 Å². The van der Waals surface area contributed by atoms with E-state index in [0.717, 1.165) is 19.5 Å². The number of aryl methyl sites for hydroxylation is 1. The number of hydrogen-bond donors (Lipinski definition) is 2. The first-order valence-electron chi connectivity index (χ1n) is 7.00. The van der Waals surface area contributed by atoms with Crippen molar-refractivity contribution in [1.82, 2.24) is 5.32 Å². The van der Waals surface area contributed by atoms with Gasteiger partial charge in [-0.2, -0.15) is 0 Å². The van der Waals surface area contributed by atoms with Crippen molar-refractivity contribution in [3.8, 4) is 0 Å². The molecule has 0 spiro atoms. The second-order valence-corrected chi connectivity index (χ2v) is 7.12. The maximum atomic E-state index is 10.8. The molecule has 1 aliphatic rings. The third-order valence-electron chi connectivity index (χ3n) is 3.61. The summed E-state index contributed by atoms with van der Waals surface area (Å²) in [5, 5.41) is 8.22. The van der Waals surface area contributed by atoms with Crippen molar-refractivity contribution in [2.24, 2.45) is 5.14 Å². The number of fused-ring (bicyclic) bond motifs is 1. The first-order chi connectivity index (χ1) is 9.46. The lowest BCUT2D eigenvalue weighted by Crippen LogP contribution is -2.25. The minimum atomic E-state index is -3.33. The zero-order valence-electron chi connectivity index (χ0n) is 11.9. The molecular weight excluding hydrogens is 274 g/mol. The van der Waals surface area contributed by atoms with Gasteiger partial charge in [-0.05, 0) is 43.0 Å². The van der Waals surface area contributed by atoms with Crippen LogP contribution in [0, 0.1) is 0 Å². The largest absolute Gasteiger partial charge is 0.374 e. The van der Waals surface area contributed by atoms with Gasteiger partial charge in [0.1, 0.15) is 0 Å². The number of primary sulfonamides is 1. The topological polar surface area (TPSA) is 75.4 Å². The standard InChI is InChI=1S/C14H23N3O2S/c1-17-8-2-4-13-10-12(5-6-14(13)17)11-16-7-3-9-20(15,18)19/h5-6,10,16H,2-4,7-9,11H2,1H3,(H2,15,18,19). The van der Waals surface area contributed by atoms with E-state index in [1.54, 1.807) is 0 Å². The molecule has 0 fully saturated rings. The van der Waals surface area contributed by atoms with Gasteiger partial charge in [-0.25, -0.2) is 13.6 Å². The maximum Gasteiger partial charge on any atom is 0.209 e. The third-order valence-corrected chi connectivity index (χ3v) is 4.46. The van der Waals surface area contributed by atoms with Gasteiger partial charge in [-0.1, -0.05) is 12.1 Å². The van der Waals surface area contributed by atoms with Crippen molar-refractivity contribution >= 4 is 15.7 Å². The number of rotatable bonds is 6. The SMILES string of the molecule is CN1CCCc2cc(CNCCCS(N)(=O)=O)ccc21. The van der Waals surface area contributed by atoms with Crippen molar-refractivity contribution in [2.75, 3.05) is 30.8 Å². The van der Waals surface area contributed by atoms with Crippen LogP contribution in [0.3, 0.4) is 0 Å². The number of hydrogen-bond acceptors (Lipinski definition) is 4. The van der Waals surface area contributed by atoms with E-state index in [0.29, 0.717) is 13.0 Å². The first kappa shape index (κ1) is 15.3. The highest BCUT2D eigenvalue weighted by molar-refractivity contribution is 7.89. The second-order valence-electron chi connectivity index (χ2n) is 5.39. The van der Waals surface area contributed by atoms with Crippen molar-refractivity contribution in [3.63, 3.8) is 0 Å². The van der Waals surface area contributed by atoms with Crippen LogP contribution in [0.5, 0.6) is 0 Å². The molecule has 0 amide bonds. The summed E-state index contributed by atoms with van der Waals surface area (Å²) in [6, 6.07) is 6.56. The zero-order chi connectivity index (χ0) is 14.6. The van der Waals surface area contributed by atoms with Crippen LogP contribution in [-0.2, 0) is 23.0 Å². The molecule has 5 nitrogen and oxygen atoms in total. The third kappa shape index (κ3) is 4.47. The lowest BCUT2D eigenvalue weighted by atomic mass is 9.99. The van der Waals surface area contributed by atoms with Crippen molar-refractivity contribution in [2.45, 2.75) is 25.8 Å². The van der Waals surface area contributed by atoms with Crippen LogP contribution in [-0.4, -0.2) is 34.3 Å². The number of nitrogens with zero attached hydrogens (tertiary/aromatic N) is 1. The molecule has 1 heterocycles. The van der Waals surface area contributed by atoms with Crippen LogP contribution in [0.1, 0.15) is 24.0 Å². The summed E-state index contributed by atoms with van der Waals surface area (Å²) < 4.78 is 21.6. The number of nitrogens with one attached hydrogen (secondary N) is 1. The highest BCUT2D eigenvalue weighted by Gasteiger charge is 2.13. The van der Waals surface area contributed by atoms with Crippen LogP contribution in [0.4, 0.5) is 5.69 Å². The summed E-state index contributed by atoms with van der Waals surface area (Å²) in [5.41, 5.74) is 3.98. The Morgan fingerprint density at radius 3 is 2.95 bits per heavy atom. The molecule has 0 aromatic heterocycles. The Morgan fingerprint density at radius 2 is 2.20 bits per heavy atom. The predicted octanol–water partition coefficient (Wildman–Crippen LogP) is 0.837. The van der Waals surface area contributed by atoms with Crippen LogP contribution < -0.4 is 15.4 Å². The Labute approximate surface area is 121 Å². The summed E-state index contributed by atoms with van der Waals surface area (Å²) in [7, 11) is -1.20. The van der Waals surface area contributed by atoms with Crippen LogP contribution in [0.15, 0.2) is 18.2 Å². The lowest BCUT2D eigenvalue weighted by Gasteiger charge is -2.27. The van der Waals surface area contributed by atoms with E-state index in [1.807, 2.05) is 0 Å². The smallest absolute Gasteiger partial charge is 0.209 e. The average Bonchev–Trinajstić information content (AvgIpc) is 2.37. The lowest BCUT2D eigenvalue weighted by molar-refractivity contribution is 0.590. The predicted molar refractivity (Wildman–Crippen MR) is 82.3 cm³/mol. The Balaban J connectivity index is 1.82. The fraction of sp³-hybridized carbons (Fsp3) is 0.571. The summed E-state index contributed by atoms with van der Waals surface area (Å²) in [4.78, 5) is 2.29. The Bertz CT molecular complexity index is 558. The molecule has 0 aliphatic carbocycles. The van der Waals surface area contributed by atoms with Crippen molar-refractivity contribution < 1.29 is 8.42 Å². The molecule has 0 atom stereocenters. The highest BCUT2D eigenvalue weighted by atomic mass is 32.2. The van der Waals surface area contributed by atoms with Crippen molar-refractivity contribution in [3.05, 3.63) is 29.3 Å². The van der Waals surface area contributed by atoms with Gasteiger partial charge in [0.25, 0.3) is 0 Å². The van der Waals surface area contributed by atoms with E-state index in [-0.39, 0.29) is 5.75 Å². The fourth-order valence-corrected chi connectivity index (χ4v) is 3.13. The van der Waals surface area contributed by atoms with E-state index in [1.165, 1.54) is 23.2 Å². The Kier molecular flexibility index (Phi) is 5.01. The van der Waals surface area contributed by atoms with Crippen LogP contribution >= 0.6 is 0 Å². The summed E-state index contributed by atoms with van der Waals surface area (Å²) >= 11 is 0. The monoisotopic (exact) mass is 297 g/mol. The molecule has 112 valence electrons. The summed E-state index contributed by atoms with van der Waals surface area (Å²) in [5.74, 6) is 0.0367. The second kappa shape index (κ2) is 6.56. The molecule has 1 aliphatic heterocycles. The van der Waals surface area contributed by atoms with Gasteiger partial charge >= 0.3 is 0 Å². The number of sulfonamides is 1. The average molecular weight is 297 g/mol. The molecule has 20 heavy (non-hydrogen) atoms. The molecular formula is C14H23N3O2S. The van der Waals surface area contributed by atoms with Gasteiger partial charge in [-0.3, -0.25) is 0 Å². The maximum absolute atomic E-state index is 10.8. The number of benzene rings is 1. The van der Waals surface area contributed by atoms with E-state index in [9.17, 15) is 8.42 Å². The van der Waals surface area contributed by atoms with Gasteiger partial charge in [0.05, 0.1) is 5.75 Å². The first-order valence-corrected chi connectivity index (χ1v) is 8.71. The van der Waals surface area contributed by atoms with E-state index in [2.05, 4.69) is 35.5 Å². The minimum absolute atomic E-state index is 0.0367. The van der Waals surface area contributed by atoms with Crippen LogP contribution in [0.25, 0.3) is 0 Å². The molecule has 2 rings (SSSR count). The molecule has 0 radical (unpaired) electrons. The molecule has 0 saturated carbocycles. The van der Waals surface area contributed by atoms with Gasteiger partial charge in [0.15, 0.2) is 0 Å². The Hall–Kier alpha value is -1.11. The molecule has 0 saturated heterocycles. The number of anilines is 1. The normalized spacial score (nSPS) is 15.2. The van der Waals surface area contributed by atoms with Gasteiger partial charge in [-0.15, -0.1) is 0 Å². The van der Waals surface area contributed by atoms with Gasteiger partial charge < -0.3 is 10.2 Å². The molecule has 6 heteroatoms. The summed E-state index contributed by atoms with van der Waals surface area (Å²) in [6.07, 6.45) is 2.89. The van der Waals surface area contributed by atoms with E-state index in [4.69, 9.17) is 5.14 Å². The Morgan fingerprint density at radius 1 is 1.40 bits per heavy atom. The molecule has 3 N–H and O–H groups in total. The molecule has 1 aromatic carbocycles. The minimum Gasteiger partial charge on any atom is -0.374 e. The van der Waals surface area contributed by atoms with Crippen LogP contribution in [0.2, 0.25) is 0 Å². The molecule has 0 unspecified atom stereocenters. The molecule has 1 aromatic rings. The highest BCUT2D eigenvalue weighted by Crippen LogP contribution is 2.26. The fourth-order valence-electron chi connectivity index (χ4n) is 2.58. The van der Waals surface area contributed by atoms with Gasteiger partial charge in [0.2, 0.25) is 10.0 Å². The molecule has 0 bridgehead atoms. The van der Waals surface area contributed by atoms with E-state index < -0.39 is 10.0 Å². The van der Waals surface area contributed by atoms with E-state index >= 15 is 0 Å². The zero-order valence-corrected chi connectivity index (χ0v) is 12.7. The quantitative estimate of drug-likeness (QED) is 0.763.